The van der Waals surface area contributed by atoms with Gasteiger partial charge in [-0.25, -0.2) is 0 Å². The summed E-state index contributed by atoms with van der Waals surface area (Å²) in [5.41, 5.74) is 2.17. The van der Waals surface area contributed by atoms with Gasteiger partial charge in [0.15, 0.2) is 0 Å². The van der Waals surface area contributed by atoms with E-state index in [-0.39, 0.29) is 11.9 Å². The molecule has 3 rings (SSSR count). The second-order valence-electron chi connectivity index (χ2n) is 7.05. The van der Waals surface area contributed by atoms with E-state index in [1.54, 1.807) is 32.4 Å². The van der Waals surface area contributed by atoms with Gasteiger partial charge in [0.05, 0.1) is 14.2 Å². The van der Waals surface area contributed by atoms with Crippen molar-refractivity contribution in [1.82, 2.24) is 10.2 Å². The number of rotatable bonds is 7. The van der Waals surface area contributed by atoms with Gasteiger partial charge < -0.3 is 14.8 Å². The number of carbonyl (C=O) groups excluding carboxylic acids is 1. The van der Waals surface area contributed by atoms with Crippen LogP contribution in [0.5, 0.6) is 11.5 Å². The molecule has 1 aliphatic rings. The summed E-state index contributed by atoms with van der Waals surface area (Å²) in [6.07, 6.45) is 5.46. The van der Waals surface area contributed by atoms with Gasteiger partial charge in [0.1, 0.15) is 11.5 Å². The first-order valence-corrected chi connectivity index (χ1v) is 9.64. The van der Waals surface area contributed by atoms with E-state index in [1.807, 2.05) is 18.2 Å². The first-order valence-electron chi connectivity index (χ1n) is 9.64. The van der Waals surface area contributed by atoms with Gasteiger partial charge in [0.2, 0.25) is 5.91 Å². The fraction of sp³-hybridized carbons (Fsp3) is 0.348. The molecule has 1 saturated heterocycles. The van der Waals surface area contributed by atoms with Crippen LogP contribution in [0.4, 0.5) is 0 Å². The van der Waals surface area contributed by atoms with E-state index in [0.717, 1.165) is 38.0 Å². The molecule has 1 N–H and O–H groups in total. The maximum absolute atomic E-state index is 12.4. The molecule has 0 aromatic heterocycles. The van der Waals surface area contributed by atoms with Gasteiger partial charge in [0, 0.05) is 31.3 Å². The molecule has 1 heterocycles. The SMILES string of the molecule is COc1cc(/C=C/C(=O)NC2CCCN(Cc3ccccc3)C2)cc(OC)c1. The van der Waals surface area contributed by atoms with Gasteiger partial charge >= 0.3 is 0 Å². The van der Waals surface area contributed by atoms with E-state index in [1.165, 1.54) is 5.56 Å². The molecule has 1 unspecified atom stereocenters. The van der Waals surface area contributed by atoms with Crippen molar-refractivity contribution in [1.29, 1.82) is 0 Å². The van der Waals surface area contributed by atoms with Gasteiger partial charge in [-0.05, 0) is 48.7 Å². The summed E-state index contributed by atoms with van der Waals surface area (Å²) in [6.45, 7) is 2.87. The number of benzene rings is 2. The average Bonchev–Trinajstić information content (AvgIpc) is 2.73. The molecule has 0 bridgehead atoms. The molecule has 148 valence electrons. The minimum atomic E-state index is -0.0756. The second kappa shape index (κ2) is 9.95. The first-order chi connectivity index (χ1) is 13.7. The third-order valence-electron chi connectivity index (χ3n) is 4.90. The number of piperidine rings is 1. The third kappa shape index (κ3) is 5.86. The zero-order chi connectivity index (χ0) is 19.8. The lowest BCUT2D eigenvalue weighted by atomic mass is 10.0. The molecule has 5 nitrogen and oxygen atoms in total. The number of carbonyl (C=O) groups is 1. The van der Waals surface area contributed by atoms with Crippen molar-refractivity contribution in [2.24, 2.45) is 0 Å². The topological polar surface area (TPSA) is 50.8 Å². The zero-order valence-corrected chi connectivity index (χ0v) is 16.6. The van der Waals surface area contributed by atoms with E-state index in [0.29, 0.717) is 11.5 Å². The summed E-state index contributed by atoms with van der Waals surface area (Å²) >= 11 is 0. The minimum absolute atomic E-state index is 0.0756. The first kappa shape index (κ1) is 20.0. The summed E-state index contributed by atoms with van der Waals surface area (Å²) in [7, 11) is 3.22. The molecular formula is C23H28N2O3. The maximum atomic E-state index is 12.4. The van der Waals surface area contributed by atoms with Crippen LogP contribution in [0.15, 0.2) is 54.6 Å². The highest BCUT2D eigenvalue weighted by Gasteiger charge is 2.20. The summed E-state index contributed by atoms with van der Waals surface area (Å²) < 4.78 is 10.5. The number of likely N-dealkylation sites (tertiary alicyclic amines) is 1. The fourth-order valence-corrected chi connectivity index (χ4v) is 3.51. The van der Waals surface area contributed by atoms with E-state index in [9.17, 15) is 4.79 Å². The van der Waals surface area contributed by atoms with E-state index in [2.05, 4.69) is 34.5 Å². The highest BCUT2D eigenvalue weighted by Crippen LogP contribution is 2.23. The third-order valence-corrected chi connectivity index (χ3v) is 4.90. The number of ether oxygens (including phenoxy) is 2. The van der Waals surface area contributed by atoms with Crippen LogP contribution in [0.3, 0.4) is 0 Å². The summed E-state index contributed by atoms with van der Waals surface area (Å²) in [5.74, 6) is 1.32. The Morgan fingerprint density at radius 2 is 1.86 bits per heavy atom. The molecule has 2 aromatic carbocycles. The van der Waals surface area contributed by atoms with Crippen LogP contribution in [0.1, 0.15) is 24.0 Å². The number of nitrogens with one attached hydrogen (secondary N) is 1. The van der Waals surface area contributed by atoms with Crippen molar-refractivity contribution >= 4 is 12.0 Å². The maximum Gasteiger partial charge on any atom is 0.244 e. The second-order valence-corrected chi connectivity index (χ2v) is 7.05. The van der Waals surface area contributed by atoms with Crippen LogP contribution < -0.4 is 14.8 Å². The fourth-order valence-electron chi connectivity index (χ4n) is 3.51. The Balaban J connectivity index is 1.54. The molecule has 0 saturated carbocycles. The van der Waals surface area contributed by atoms with Crippen molar-refractivity contribution in [3.63, 3.8) is 0 Å². The van der Waals surface area contributed by atoms with Crippen LogP contribution in [0, 0.1) is 0 Å². The number of amides is 1. The predicted octanol–water partition coefficient (Wildman–Crippen LogP) is 3.50. The van der Waals surface area contributed by atoms with Crippen LogP contribution in [-0.4, -0.2) is 44.2 Å². The Labute approximate surface area is 167 Å². The molecule has 0 aliphatic carbocycles. The molecule has 1 fully saturated rings. The van der Waals surface area contributed by atoms with Crippen molar-refractivity contribution in [2.45, 2.75) is 25.4 Å². The Morgan fingerprint density at radius 1 is 1.14 bits per heavy atom. The predicted molar refractivity (Wildman–Crippen MR) is 111 cm³/mol. The summed E-state index contributed by atoms with van der Waals surface area (Å²) in [6, 6.07) is 16.2. The highest BCUT2D eigenvalue weighted by atomic mass is 16.5. The van der Waals surface area contributed by atoms with E-state index >= 15 is 0 Å². The van der Waals surface area contributed by atoms with Crippen LogP contribution in [0.2, 0.25) is 0 Å². The van der Waals surface area contributed by atoms with Crippen molar-refractivity contribution in [2.75, 3.05) is 27.3 Å². The number of hydrogen-bond donors (Lipinski definition) is 1. The molecule has 2 aromatic rings. The lowest BCUT2D eigenvalue weighted by molar-refractivity contribution is -0.117. The standard InChI is InChI=1S/C23H28N2O3/c1-27-21-13-19(14-22(15-21)28-2)10-11-23(26)24-20-9-6-12-25(17-20)16-18-7-4-3-5-8-18/h3-5,7-8,10-11,13-15,20H,6,9,12,16-17H2,1-2H3,(H,24,26)/b11-10+. The van der Waals surface area contributed by atoms with Gasteiger partial charge in [-0.2, -0.15) is 0 Å². The quantitative estimate of drug-likeness (QED) is 0.747. The van der Waals surface area contributed by atoms with E-state index in [4.69, 9.17) is 9.47 Å². The van der Waals surface area contributed by atoms with E-state index < -0.39 is 0 Å². The lowest BCUT2D eigenvalue weighted by Gasteiger charge is -2.33. The van der Waals surface area contributed by atoms with Crippen LogP contribution >= 0.6 is 0 Å². The Morgan fingerprint density at radius 3 is 2.54 bits per heavy atom. The zero-order valence-electron chi connectivity index (χ0n) is 16.6. The van der Waals surface area contributed by atoms with Crippen molar-refractivity contribution < 1.29 is 14.3 Å². The Hall–Kier alpha value is -2.79. The monoisotopic (exact) mass is 380 g/mol. The molecule has 0 spiro atoms. The Bertz CT molecular complexity index is 782. The van der Waals surface area contributed by atoms with Crippen molar-refractivity contribution in [3.05, 3.63) is 65.7 Å². The number of methoxy groups -OCH3 is 2. The van der Waals surface area contributed by atoms with Crippen LogP contribution in [0.25, 0.3) is 6.08 Å². The number of hydrogen-bond acceptors (Lipinski definition) is 4. The molecule has 28 heavy (non-hydrogen) atoms. The Kier molecular flexibility index (Phi) is 7.09. The van der Waals surface area contributed by atoms with Crippen molar-refractivity contribution in [3.8, 4) is 11.5 Å². The molecular weight excluding hydrogens is 352 g/mol. The summed E-state index contributed by atoms with van der Waals surface area (Å²) in [4.78, 5) is 14.8. The molecule has 1 atom stereocenters. The average molecular weight is 380 g/mol. The lowest BCUT2D eigenvalue weighted by Crippen LogP contribution is -2.46. The van der Waals surface area contributed by atoms with Gasteiger partial charge in [0.25, 0.3) is 0 Å². The van der Waals surface area contributed by atoms with Gasteiger partial charge in [-0.15, -0.1) is 0 Å². The molecule has 0 radical (unpaired) electrons. The minimum Gasteiger partial charge on any atom is -0.497 e. The van der Waals surface area contributed by atoms with Gasteiger partial charge in [-0.1, -0.05) is 30.3 Å². The number of nitrogens with zero attached hydrogens (tertiary/aromatic N) is 1. The molecule has 1 aliphatic heterocycles. The molecule has 1 amide bonds. The normalized spacial score (nSPS) is 17.4. The molecule has 5 heteroatoms. The largest absolute Gasteiger partial charge is 0.497 e. The van der Waals surface area contributed by atoms with Gasteiger partial charge in [-0.3, -0.25) is 9.69 Å². The smallest absolute Gasteiger partial charge is 0.244 e. The summed E-state index contributed by atoms with van der Waals surface area (Å²) in [5, 5.41) is 3.13. The van der Waals surface area contributed by atoms with Crippen LogP contribution in [-0.2, 0) is 11.3 Å². The highest BCUT2D eigenvalue weighted by molar-refractivity contribution is 5.92.